The average Bonchev–Trinajstić information content (AvgIpc) is 2.39. The first-order chi connectivity index (χ1) is 8.97. The fourth-order valence-corrected chi connectivity index (χ4v) is 2.57. The molecule has 108 valence electrons. The highest BCUT2D eigenvalue weighted by molar-refractivity contribution is 5.49. The Hall–Kier alpha value is -1.10. The first-order valence-corrected chi connectivity index (χ1v) is 6.68. The van der Waals surface area contributed by atoms with Crippen LogP contribution in [0, 0.1) is 20.8 Å². The lowest BCUT2D eigenvalue weighted by molar-refractivity contribution is 0.127. The minimum absolute atomic E-state index is 0.0322. The third-order valence-electron chi connectivity index (χ3n) is 3.85. The molecule has 0 aliphatic heterocycles. The first kappa shape index (κ1) is 16.0. The normalized spacial score (nSPS) is 14.3. The number of aliphatic hydroxyl groups is 1. The Bertz CT molecular complexity index is 433. The maximum atomic E-state index is 10.6. The van der Waals surface area contributed by atoms with Crippen LogP contribution in [0.4, 0.5) is 0 Å². The molecule has 1 aromatic carbocycles. The molecular weight excluding hydrogens is 240 g/mol. The van der Waals surface area contributed by atoms with Crippen LogP contribution in [0.2, 0.25) is 0 Å². The van der Waals surface area contributed by atoms with Crippen molar-refractivity contribution in [2.45, 2.75) is 39.3 Å². The maximum absolute atomic E-state index is 10.6. The van der Waals surface area contributed by atoms with E-state index in [0.717, 1.165) is 34.4 Å². The number of methoxy groups -OCH3 is 1. The van der Waals surface area contributed by atoms with Gasteiger partial charge in [-0.3, -0.25) is 0 Å². The van der Waals surface area contributed by atoms with Gasteiger partial charge < -0.3 is 20.9 Å². The van der Waals surface area contributed by atoms with Gasteiger partial charge >= 0.3 is 0 Å². The summed E-state index contributed by atoms with van der Waals surface area (Å²) in [6, 6.07) is 1.95. The van der Waals surface area contributed by atoms with Gasteiger partial charge in [0, 0.05) is 6.04 Å². The van der Waals surface area contributed by atoms with E-state index in [4.69, 9.17) is 10.5 Å². The molecule has 2 unspecified atom stereocenters. The second-order valence-electron chi connectivity index (χ2n) is 4.98. The summed E-state index contributed by atoms with van der Waals surface area (Å²) in [5.74, 6) is 0.866. The number of hydrogen-bond donors (Lipinski definition) is 3. The Kier molecular flexibility index (Phi) is 5.79. The maximum Gasteiger partial charge on any atom is 0.122 e. The summed E-state index contributed by atoms with van der Waals surface area (Å²) in [4.78, 5) is 0. The topological polar surface area (TPSA) is 67.5 Å². The number of likely N-dealkylation sites (N-methyl/N-ethyl adjacent to an activating group) is 1. The highest BCUT2D eigenvalue weighted by Gasteiger charge is 2.23. The predicted octanol–water partition coefficient (Wildman–Crippen LogP) is 1.59. The molecule has 0 aromatic heterocycles. The smallest absolute Gasteiger partial charge is 0.122 e. The minimum Gasteiger partial charge on any atom is -0.496 e. The van der Waals surface area contributed by atoms with Gasteiger partial charge in [0.1, 0.15) is 5.75 Å². The molecule has 0 spiro atoms. The Morgan fingerprint density at radius 1 is 1.32 bits per heavy atom. The summed E-state index contributed by atoms with van der Waals surface area (Å²) < 4.78 is 5.36. The number of benzene rings is 1. The third-order valence-corrected chi connectivity index (χ3v) is 3.85. The highest BCUT2D eigenvalue weighted by atomic mass is 16.5. The monoisotopic (exact) mass is 266 g/mol. The number of nitrogens with one attached hydrogen (secondary N) is 1. The molecule has 0 bridgehead atoms. The Balaban J connectivity index is 3.23. The number of aryl methyl sites for hydroxylation is 1. The van der Waals surface area contributed by atoms with Crippen LogP contribution < -0.4 is 15.8 Å². The van der Waals surface area contributed by atoms with Crippen molar-refractivity contribution in [1.29, 1.82) is 0 Å². The molecule has 1 rings (SSSR count). The van der Waals surface area contributed by atoms with Crippen LogP contribution >= 0.6 is 0 Å². The standard InChI is InChI=1S/C15H26N2O2/c1-9-8-13(19-5)10(2)11(3)14(9)15(18)12(17-4)6-7-16/h8,12,15,17-18H,6-7,16H2,1-5H3. The van der Waals surface area contributed by atoms with E-state index < -0.39 is 6.10 Å². The van der Waals surface area contributed by atoms with Crippen molar-refractivity contribution in [2.24, 2.45) is 5.73 Å². The van der Waals surface area contributed by atoms with Gasteiger partial charge in [-0.1, -0.05) is 0 Å². The van der Waals surface area contributed by atoms with Crippen molar-refractivity contribution in [3.05, 3.63) is 28.3 Å². The van der Waals surface area contributed by atoms with E-state index in [9.17, 15) is 5.11 Å². The number of aliphatic hydroxyl groups excluding tert-OH is 1. The number of ether oxygens (including phenoxy) is 1. The van der Waals surface area contributed by atoms with E-state index in [2.05, 4.69) is 5.32 Å². The molecule has 0 saturated carbocycles. The van der Waals surface area contributed by atoms with E-state index in [0.29, 0.717) is 6.54 Å². The van der Waals surface area contributed by atoms with Crippen molar-refractivity contribution in [2.75, 3.05) is 20.7 Å². The number of nitrogens with two attached hydrogens (primary N) is 1. The summed E-state index contributed by atoms with van der Waals surface area (Å²) >= 11 is 0. The zero-order chi connectivity index (χ0) is 14.6. The van der Waals surface area contributed by atoms with Gasteiger partial charge in [-0.2, -0.15) is 0 Å². The minimum atomic E-state index is -0.557. The summed E-state index contributed by atoms with van der Waals surface area (Å²) in [5.41, 5.74) is 9.78. The second kappa shape index (κ2) is 6.89. The van der Waals surface area contributed by atoms with Crippen molar-refractivity contribution >= 4 is 0 Å². The van der Waals surface area contributed by atoms with Crippen molar-refractivity contribution in [3.8, 4) is 5.75 Å². The van der Waals surface area contributed by atoms with E-state index in [1.165, 1.54) is 0 Å². The molecule has 4 nitrogen and oxygen atoms in total. The van der Waals surface area contributed by atoms with Crippen molar-refractivity contribution in [3.63, 3.8) is 0 Å². The van der Waals surface area contributed by atoms with E-state index in [-0.39, 0.29) is 6.04 Å². The molecule has 0 radical (unpaired) electrons. The fourth-order valence-electron chi connectivity index (χ4n) is 2.57. The van der Waals surface area contributed by atoms with Crippen LogP contribution in [0.5, 0.6) is 5.75 Å². The summed E-state index contributed by atoms with van der Waals surface area (Å²) in [7, 11) is 3.52. The van der Waals surface area contributed by atoms with E-state index in [1.807, 2.05) is 33.9 Å². The predicted molar refractivity (Wildman–Crippen MR) is 78.7 cm³/mol. The average molecular weight is 266 g/mol. The Labute approximate surface area is 116 Å². The molecule has 0 aliphatic rings. The molecule has 4 N–H and O–H groups in total. The molecule has 0 heterocycles. The Morgan fingerprint density at radius 3 is 2.42 bits per heavy atom. The van der Waals surface area contributed by atoms with Gasteiger partial charge in [-0.05, 0) is 69.1 Å². The van der Waals surface area contributed by atoms with Crippen LogP contribution in [0.1, 0.15) is 34.8 Å². The van der Waals surface area contributed by atoms with Gasteiger partial charge in [0.25, 0.3) is 0 Å². The molecule has 19 heavy (non-hydrogen) atoms. The van der Waals surface area contributed by atoms with E-state index >= 15 is 0 Å². The van der Waals surface area contributed by atoms with Crippen LogP contribution in [-0.2, 0) is 0 Å². The van der Waals surface area contributed by atoms with Crippen LogP contribution in [0.3, 0.4) is 0 Å². The largest absolute Gasteiger partial charge is 0.496 e. The summed E-state index contributed by atoms with van der Waals surface area (Å²) in [6.07, 6.45) is 0.180. The quantitative estimate of drug-likeness (QED) is 0.731. The molecule has 0 saturated heterocycles. The lowest BCUT2D eigenvalue weighted by Crippen LogP contribution is -2.35. The Morgan fingerprint density at radius 2 is 1.95 bits per heavy atom. The summed E-state index contributed by atoms with van der Waals surface area (Å²) in [5, 5.41) is 13.7. The van der Waals surface area contributed by atoms with Gasteiger partial charge in [-0.15, -0.1) is 0 Å². The lowest BCUT2D eigenvalue weighted by atomic mass is 9.89. The lowest BCUT2D eigenvalue weighted by Gasteiger charge is -2.26. The van der Waals surface area contributed by atoms with Gasteiger partial charge in [0.05, 0.1) is 13.2 Å². The SMILES string of the molecule is CNC(CCN)C(O)c1c(C)cc(OC)c(C)c1C. The van der Waals surface area contributed by atoms with E-state index in [1.54, 1.807) is 7.11 Å². The molecule has 0 aliphatic carbocycles. The molecular formula is C15H26N2O2. The van der Waals surface area contributed by atoms with Crippen LogP contribution in [-0.4, -0.2) is 31.9 Å². The zero-order valence-electron chi connectivity index (χ0n) is 12.6. The molecule has 0 amide bonds. The number of rotatable bonds is 6. The summed E-state index contributed by atoms with van der Waals surface area (Å²) in [6.45, 7) is 6.60. The first-order valence-electron chi connectivity index (χ1n) is 6.68. The zero-order valence-corrected chi connectivity index (χ0v) is 12.6. The van der Waals surface area contributed by atoms with Crippen molar-refractivity contribution in [1.82, 2.24) is 5.32 Å². The molecule has 4 heteroatoms. The highest BCUT2D eigenvalue weighted by Crippen LogP contribution is 2.33. The number of hydrogen-bond acceptors (Lipinski definition) is 4. The molecule has 0 fully saturated rings. The molecule has 1 aromatic rings. The van der Waals surface area contributed by atoms with Crippen LogP contribution in [0.15, 0.2) is 6.07 Å². The van der Waals surface area contributed by atoms with Crippen LogP contribution in [0.25, 0.3) is 0 Å². The van der Waals surface area contributed by atoms with Gasteiger partial charge in [-0.25, -0.2) is 0 Å². The van der Waals surface area contributed by atoms with Gasteiger partial charge in [0.15, 0.2) is 0 Å². The molecule has 2 atom stereocenters. The fraction of sp³-hybridized carbons (Fsp3) is 0.600. The van der Waals surface area contributed by atoms with Crippen molar-refractivity contribution < 1.29 is 9.84 Å². The van der Waals surface area contributed by atoms with Gasteiger partial charge in [0.2, 0.25) is 0 Å². The second-order valence-corrected chi connectivity index (χ2v) is 4.98. The third kappa shape index (κ3) is 3.26.